The van der Waals surface area contributed by atoms with Gasteiger partial charge in [0.25, 0.3) is 0 Å². The Morgan fingerprint density at radius 3 is 1.60 bits per heavy atom. The molecule has 56 valence electrons. The third kappa shape index (κ3) is 11.0. The minimum atomic E-state index is -4.67. The van der Waals surface area contributed by atoms with E-state index in [0.29, 0.717) is 0 Å². The molecule has 0 aliphatic carbocycles. The van der Waals surface area contributed by atoms with Crippen molar-refractivity contribution in [3.63, 3.8) is 0 Å². The fourth-order valence-electron chi connectivity index (χ4n) is 0.161. The predicted molar refractivity (Wildman–Crippen MR) is 33.0 cm³/mol. The Bertz CT molecular complexity index is 197. The molecule has 0 spiro atoms. The van der Waals surface area contributed by atoms with Gasteiger partial charge in [-0.2, -0.15) is 8.42 Å². The third-order valence-electron chi connectivity index (χ3n) is 0.498. The molecule has 1 fully saturated rings. The first-order valence-electron chi connectivity index (χ1n) is 2.11. The Morgan fingerprint density at radius 1 is 1.40 bits per heavy atom. The number of hydrogen-bond acceptors (Lipinski definition) is 3. The molecule has 6 nitrogen and oxygen atoms in total. The predicted octanol–water partition coefficient (Wildman–Crippen LogP) is -1.28. The average Bonchev–Trinajstić information content (AvgIpc) is 1.56. The van der Waals surface area contributed by atoms with E-state index in [-0.39, 0.29) is 0 Å². The molecular formula is CH4N2O4S2Zn. The van der Waals surface area contributed by atoms with E-state index < -0.39 is 28.0 Å². The van der Waals surface area contributed by atoms with Gasteiger partial charge in [-0.3, -0.25) is 9.11 Å². The zero-order valence-electron chi connectivity index (χ0n) is 4.73. The fraction of sp³-hybridized carbons (Fsp3) is 0. The molecule has 0 unspecified atom stereocenters. The number of nitrogens with one attached hydrogen (secondary N) is 2. The molecule has 4 N–H and O–H groups in total. The van der Waals surface area contributed by atoms with Crippen molar-refractivity contribution in [3.8, 4) is 0 Å². The summed E-state index contributed by atoms with van der Waals surface area (Å²) in [5, 5.41) is 0.852. The number of thiocarbonyl (C=S) groups is 1. The van der Waals surface area contributed by atoms with E-state index in [1.54, 1.807) is 0 Å². The van der Waals surface area contributed by atoms with Crippen molar-refractivity contribution in [1.82, 2.24) is 8.12 Å². The van der Waals surface area contributed by atoms with Crippen LogP contribution in [0.15, 0.2) is 0 Å². The fourth-order valence-corrected chi connectivity index (χ4v) is 1.58. The van der Waals surface area contributed by atoms with Gasteiger partial charge >= 0.3 is 53.5 Å². The Hall–Kier alpha value is 0.183. The summed E-state index contributed by atoms with van der Waals surface area (Å²) in [4.78, 5) is 0. The maximum absolute atomic E-state index is 8.74. The van der Waals surface area contributed by atoms with Gasteiger partial charge in [-0.1, -0.05) is 0 Å². The summed E-state index contributed by atoms with van der Waals surface area (Å²) in [6.45, 7) is 0. The zero-order chi connectivity index (χ0) is 8.20. The van der Waals surface area contributed by atoms with Crippen LogP contribution in [-0.2, 0) is 28.0 Å². The van der Waals surface area contributed by atoms with Gasteiger partial charge in [0.1, 0.15) is 0 Å². The first-order chi connectivity index (χ1) is 4.39. The van der Waals surface area contributed by atoms with Gasteiger partial charge in [-0.05, 0) is 0 Å². The second-order valence-corrected chi connectivity index (χ2v) is 4.84. The molecule has 0 radical (unpaired) electrons. The molecule has 1 aliphatic heterocycles. The van der Waals surface area contributed by atoms with E-state index >= 15 is 0 Å². The number of rotatable bonds is 0. The molecule has 0 saturated carbocycles. The van der Waals surface area contributed by atoms with E-state index in [9.17, 15) is 0 Å². The van der Waals surface area contributed by atoms with E-state index in [2.05, 4.69) is 20.3 Å². The summed E-state index contributed by atoms with van der Waals surface area (Å²) in [6.07, 6.45) is 0. The Balaban J connectivity index is 0.000000162. The first-order valence-corrected chi connectivity index (χ1v) is 6.88. The maximum atomic E-state index is 8.74. The van der Waals surface area contributed by atoms with Crippen molar-refractivity contribution in [2.75, 3.05) is 0 Å². The Morgan fingerprint density at radius 2 is 1.60 bits per heavy atom. The van der Waals surface area contributed by atoms with E-state index in [1.807, 2.05) is 0 Å². The van der Waals surface area contributed by atoms with E-state index in [1.165, 1.54) is 0 Å². The summed E-state index contributed by atoms with van der Waals surface area (Å²) >= 11 is 4.20. The third-order valence-corrected chi connectivity index (χ3v) is 4.09. The molecule has 1 aliphatic rings. The Kier molecular flexibility index (Phi) is 4.22. The normalized spacial score (nSPS) is 13.6. The van der Waals surface area contributed by atoms with Gasteiger partial charge in [0.2, 0.25) is 0 Å². The van der Waals surface area contributed by atoms with Crippen LogP contribution in [0.1, 0.15) is 0 Å². The summed E-state index contributed by atoms with van der Waals surface area (Å²) < 4.78 is 37.6. The second-order valence-electron chi connectivity index (χ2n) is 1.31. The van der Waals surface area contributed by atoms with Gasteiger partial charge in [0.05, 0.1) is 0 Å². The van der Waals surface area contributed by atoms with Gasteiger partial charge < -0.3 is 0 Å². The molecule has 1 saturated heterocycles. The topological polar surface area (TPSA) is 98.7 Å². The summed E-state index contributed by atoms with van der Waals surface area (Å²) in [5.74, 6) is 0. The van der Waals surface area contributed by atoms with Crippen LogP contribution in [0.5, 0.6) is 0 Å². The number of hydrogen-bond donors (Lipinski definition) is 4. The average molecular weight is 238 g/mol. The zero-order valence-corrected chi connectivity index (χ0v) is 9.33. The van der Waals surface area contributed by atoms with Crippen LogP contribution >= 0.6 is 12.2 Å². The van der Waals surface area contributed by atoms with Crippen LogP contribution in [0, 0.1) is 0 Å². The van der Waals surface area contributed by atoms with Crippen molar-refractivity contribution in [2.45, 2.75) is 0 Å². The van der Waals surface area contributed by atoms with E-state index in [0.717, 1.165) is 5.11 Å². The van der Waals surface area contributed by atoms with Gasteiger partial charge in [0.15, 0.2) is 0 Å². The van der Waals surface area contributed by atoms with Crippen LogP contribution < -0.4 is 8.12 Å². The van der Waals surface area contributed by atoms with Gasteiger partial charge in [-0.15, -0.1) is 0 Å². The van der Waals surface area contributed by atoms with Gasteiger partial charge in [0, 0.05) is 0 Å². The molecule has 0 aromatic heterocycles. The van der Waals surface area contributed by atoms with Crippen molar-refractivity contribution < 1.29 is 35.1 Å². The molecule has 0 aromatic rings. The minimum absolute atomic E-state index is 0.409. The molecule has 0 amide bonds. The van der Waals surface area contributed by atoms with Crippen molar-refractivity contribution in [3.05, 3.63) is 0 Å². The first kappa shape index (κ1) is 10.2. The molecule has 9 heteroatoms. The standard InChI is InChI=1S/CH3N2S.H2O4S.Zn/c2-1(3)4;1-5(2,3)4;/h(H3-,2,3,4);(H2,1,2,3,4);/q-1;;+2/p-1. The molecule has 1 heterocycles. The molecule has 0 aromatic carbocycles. The molecule has 10 heavy (non-hydrogen) atoms. The summed E-state index contributed by atoms with van der Waals surface area (Å²) in [7, 11) is -4.67. The molecular weight excluding hydrogens is 234 g/mol. The van der Waals surface area contributed by atoms with Crippen molar-refractivity contribution in [2.24, 2.45) is 0 Å². The van der Waals surface area contributed by atoms with Crippen molar-refractivity contribution >= 4 is 27.7 Å². The molecule has 0 atom stereocenters. The quantitative estimate of drug-likeness (QED) is 0.237. The Labute approximate surface area is 71.1 Å². The van der Waals surface area contributed by atoms with Crippen LogP contribution in [0.2, 0.25) is 0 Å². The monoisotopic (exact) mass is 236 g/mol. The van der Waals surface area contributed by atoms with Crippen LogP contribution in [0.3, 0.4) is 0 Å². The molecule has 1 rings (SSSR count). The van der Waals surface area contributed by atoms with Crippen LogP contribution in [-0.4, -0.2) is 22.6 Å². The summed E-state index contributed by atoms with van der Waals surface area (Å²) in [5.41, 5.74) is 0. The van der Waals surface area contributed by atoms with Crippen LogP contribution in [0.4, 0.5) is 0 Å². The summed E-state index contributed by atoms with van der Waals surface area (Å²) in [6, 6.07) is 0. The molecule has 0 bridgehead atoms. The van der Waals surface area contributed by atoms with Crippen molar-refractivity contribution in [1.29, 1.82) is 0 Å². The van der Waals surface area contributed by atoms with Gasteiger partial charge in [-0.25, -0.2) is 0 Å². The van der Waals surface area contributed by atoms with E-state index in [4.69, 9.17) is 17.5 Å². The van der Waals surface area contributed by atoms with Crippen LogP contribution in [0.25, 0.3) is 0 Å². The second kappa shape index (κ2) is 4.14. The SMILES string of the molecule is O=S(=O)(O)O.S=C1[NH][Zn][NH]1.